The molecular weight excluding hydrogens is 306 g/mol. The van der Waals surface area contributed by atoms with Crippen LogP contribution in [0.25, 0.3) is 0 Å². The van der Waals surface area contributed by atoms with E-state index in [-0.39, 0.29) is 28.7 Å². The molecular formula is C19H29NO4. The highest BCUT2D eigenvalue weighted by Gasteiger charge is 2.22. The monoisotopic (exact) mass is 335 g/mol. The van der Waals surface area contributed by atoms with Crippen molar-refractivity contribution in [3.05, 3.63) is 17.7 Å². The summed E-state index contributed by atoms with van der Waals surface area (Å²) in [6.45, 7) is 1.13. The molecule has 5 heteroatoms. The van der Waals surface area contributed by atoms with Crippen molar-refractivity contribution in [1.82, 2.24) is 4.90 Å². The molecule has 0 unspecified atom stereocenters. The van der Waals surface area contributed by atoms with Crippen molar-refractivity contribution in [3.63, 3.8) is 0 Å². The van der Waals surface area contributed by atoms with Crippen LogP contribution >= 0.6 is 0 Å². The fourth-order valence-corrected chi connectivity index (χ4v) is 3.08. The molecule has 1 aromatic rings. The van der Waals surface area contributed by atoms with Crippen LogP contribution in [0.4, 0.5) is 0 Å². The van der Waals surface area contributed by atoms with Gasteiger partial charge in [-0.25, -0.2) is 0 Å². The maximum Gasteiger partial charge on any atom is 0.261 e. The van der Waals surface area contributed by atoms with E-state index in [1.807, 2.05) is 0 Å². The zero-order valence-electron chi connectivity index (χ0n) is 14.6. The highest BCUT2D eigenvalue weighted by molar-refractivity contribution is 5.99. The van der Waals surface area contributed by atoms with Crippen molar-refractivity contribution in [1.29, 1.82) is 0 Å². The molecule has 0 aromatic heterocycles. The van der Waals surface area contributed by atoms with Gasteiger partial charge < -0.3 is 19.8 Å². The van der Waals surface area contributed by atoms with Crippen LogP contribution in [-0.4, -0.2) is 41.2 Å². The van der Waals surface area contributed by atoms with Gasteiger partial charge in [0.15, 0.2) is 0 Å². The molecule has 0 spiro atoms. The molecule has 0 radical (unpaired) electrons. The molecule has 5 nitrogen and oxygen atoms in total. The fourth-order valence-electron chi connectivity index (χ4n) is 3.08. The standard InChI is InChI=1S/C19H29NO4/c1-20-11-9-7-5-3-2-4-6-8-10-12-24-17-14-15(21)13-16(22)18(17)19(20)23/h13-14,21-22H,2-12H2,1H3. The molecule has 1 heterocycles. The van der Waals surface area contributed by atoms with Gasteiger partial charge in [0.1, 0.15) is 22.8 Å². The number of phenols is 2. The molecule has 1 amide bonds. The van der Waals surface area contributed by atoms with Gasteiger partial charge in [-0.05, 0) is 12.8 Å². The number of carbonyl (C=O) groups is 1. The van der Waals surface area contributed by atoms with Gasteiger partial charge >= 0.3 is 0 Å². The normalized spacial score (nSPS) is 18.7. The van der Waals surface area contributed by atoms with E-state index in [2.05, 4.69) is 0 Å². The highest BCUT2D eigenvalue weighted by atomic mass is 16.5. The van der Waals surface area contributed by atoms with Gasteiger partial charge in [0.2, 0.25) is 0 Å². The predicted molar refractivity (Wildman–Crippen MR) is 93.8 cm³/mol. The van der Waals surface area contributed by atoms with Crippen LogP contribution in [-0.2, 0) is 0 Å². The number of fused-ring (bicyclic) bond motifs is 1. The van der Waals surface area contributed by atoms with E-state index < -0.39 is 0 Å². The first-order chi connectivity index (χ1) is 11.6. The van der Waals surface area contributed by atoms with Gasteiger partial charge in [-0.15, -0.1) is 0 Å². The van der Waals surface area contributed by atoms with Crippen LogP contribution in [0.5, 0.6) is 17.2 Å². The number of nitrogens with zero attached hydrogens (tertiary/aromatic N) is 1. The van der Waals surface area contributed by atoms with Crippen molar-refractivity contribution in [3.8, 4) is 17.2 Å². The Balaban J connectivity index is 2.16. The Hall–Kier alpha value is -1.91. The number of aromatic hydroxyl groups is 2. The predicted octanol–water partition coefficient (Wildman–Crippen LogP) is 4.07. The third kappa shape index (κ3) is 5.32. The highest BCUT2D eigenvalue weighted by Crippen LogP contribution is 2.34. The average molecular weight is 335 g/mol. The molecule has 0 saturated heterocycles. The zero-order chi connectivity index (χ0) is 17.4. The Morgan fingerprint density at radius 2 is 1.50 bits per heavy atom. The number of rotatable bonds is 0. The number of carbonyl (C=O) groups excluding carboxylic acids is 1. The molecule has 134 valence electrons. The summed E-state index contributed by atoms with van der Waals surface area (Å²) in [5, 5.41) is 19.8. The van der Waals surface area contributed by atoms with Gasteiger partial charge in [0.25, 0.3) is 5.91 Å². The largest absolute Gasteiger partial charge is 0.508 e. The van der Waals surface area contributed by atoms with Gasteiger partial charge in [-0.1, -0.05) is 44.9 Å². The topological polar surface area (TPSA) is 70.0 Å². The molecule has 0 aliphatic carbocycles. The summed E-state index contributed by atoms with van der Waals surface area (Å²) in [7, 11) is 1.74. The minimum absolute atomic E-state index is 0.101. The number of phenolic OH excluding ortho intramolecular Hbond substituents is 2. The average Bonchev–Trinajstić information content (AvgIpc) is 2.53. The Morgan fingerprint density at radius 3 is 2.17 bits per heavy atom. The number of ether oxygens (including phenoxy) is 1. The number of amides is 1. The minimum Gasteiger partial charge on any atom is -0.508 e. The van der Waals surface area contributed by atoms with Crippen LogP contribution in [0.15, 0.2) is 12.1 Å². The van der Waals surface area contributed by atoms with E-state index >= 15 is 0 Å². The van der Waals surface area contributed by atoms with E-state index in [1.165, 1.54) is 44.2 Å². The first-order valence-electron chi connectivity index (χ1n) is 9.04. The van der Waals surface area contributed by atoms with Crippen molar-refractivity contribution in [2.24, 2.45) is 0 Å². The Labute approximate surface area is 144 Å². The van der Waals surface area contributed by atoms with Gasteiger partial charge in [0.05, 0.1) is 6.61 Å². The zero-order valence-corrected chi connectivity index (χ0v) is 14.6. The summed E-state index contributed by atoms with van der Waals surface area (Å²) in [5.74, 6) is -0.342. The molecule has 0 bridgehead atoms. The Bertz CT molecular complexity index is 544. The van der Waals surface area contributed by atoms with Gasteiger partial charge in [-0.3, -0.25) is 4.79 Å². The molecule has 1 aliphatic rings. The number of benzene rings is 1. The van der Waals surface area contributed by atoms with Crippen LogP contribution < -0.4 is 4.74 Å². The summed E-state index contributed by atoms with van der Waals surface area (Å²) in [5.41, 5.74) is 0.141. The van der Waals surface area contributed by atoms with Crippen molar-refractivity contribution < 1.29 is 19.7 Å². The van der Waals surface area contributed by atoms with Crippen LogP contribution in [0, 0.1) is 0 Å². The summed E-state index contributed by atoms with van der Waals surface area (Å²) in [4.78, 5) is 14.3. The van der Waals surface area contributed by atoms with E-state index in [9.17, 15) is 15.0 Å². The number of hydrogen-bond acceptors (Lipinski definition) is 4. The first kappa shape index (κ1) is 18.4. The first-order valence-corrected chi connectivity index (χ1v) is 9.04. The SMILES string of the molecule is CN1CCCCCCCCCCCOc2cc(O)cc(O)c2C1=O. The molecule has 2 rings (SSSR count). The summed E-state index contributed by atoms with van der Waals surface area (Å²) < 4.78 is 5.70. The summed E-state index contributed by atoms with van der Waals surface area (Å²) in [6, 6.07) is 2.59. The number of hydrogen-bond donors (Lipinski definition) is 2. The smallest absolute Gasteiger partial charge is 0.261 e. The molecule has 24 heavy (non-hydrogen) atoms. The molecule has 0 saturated carbocycles. The second-order valence-corrected chi connectivity index (χ2v) is 6.60. The maximum absolute atomic E-state index is 12.7. The van der Waals surface area contributed by atoms with Gasteiger partial charge in [-0.2, -0.15) is 0 Å². The Kier molecular flexibility index (Phi) is 7.22. The summed E-state index contributed by atoms with van der Waals surface area (Å²) >= 11 is 0. The Morgan fingerprint density at radius 1 is 0.917 bits per heavy atom. The molecule has 2 N–H and O–H groups in total. The van der Waals surface area contributed by atoms with Crippen molar-refractivity contribution in [2.45, 2.75) is 57.8 Å². The van der Waals surface area contributed by atoms with E-state index in [0.29, 0.717) is 13.2 Å². The van der Waals surface area contributed by atoms with Crippen LogP contribution in [0.1, 0.15) is 68.1 Å². The van der Waals surface area contributed by atoms with Crippen LogP contribution in [0.3, 0.4) is 0 Å². The molecule has 0 atom stereocenters. The lowest BCUT2D eigenvalue weighted by atomic mass is 10.1. The fraction of sp³-hybridized carbons (Fsp3) is 0.632. The third-order valence-corrected chi connectivity index (χ3v) is 4.52. The quantitative estimate of drug-likeness (QED) is 0.750. The van der Waals surface area contributed by atoms with Crippen LogP contribution in [0.2, 0.25) is 0 Å². The lowest BCUT2D eigenvalue weighted by Crippen LogP contribution is -2.28. The second-order valence-electron chi connectivity index (χ2n) is 6.60. The summed E-state index contributed by atoms with van der Waals surface area (Å²) in [6.07, 6.45) is 10.3. The van der Waals surface area contributed by atoms with Crippen molar-refractivity contribution in [2.75, 3.05) is 20.2 Å². The maximum atomic E-state index is 12.7. The lowest BCUT2D eigenvalue weighted by Gasteiger charge is -2.20. The van der Waals surface area contributed by atoms with Crippen molar-refractivity contribution >= 4 is 5.91 Å². The lowest BCUT2D eigenvalue weighted by molar-refractivity contribution is 0.0784. The minimum atomic E-state index is -0.269. The molecule has 1 aliphatic heterocycles. The van der Waals surface area contributed by atoms with E-state index in [4.69, 9.17) is 4.74 Å². The third-order valence-electron chi connectivity index (χ3n) is 4.52. The van der Waals surface area contributed by atoms with E-state index in [1.54, 1.807) is 11.9 Å². The second kappa shape index (κ2) is 9.40. The van der Waals surface area contributed by atoms with Gasteiger partial charge in [0, 0.05) is 25.7 Å². The molecule has 0 fully saturated rings. The van der Waals surface area contributed by atoms with E-state index in [0.717, 1.165) is 25.7 Å². The molecule has 1 aromatic carbocycles.